The zero-order valence-electron chi connectivity index (χ0n) is 16.0. The molecule has 2 heterocycles. The smallest absolute Gasteiger partial charge is 0.169 e. The molecule has 1 saturated heterocycles. The molecule has 1 N–H and O–H groups in total. The number of aromatic nitrogens is 2. The highest BCUT2D eigenvalue weighted by Crippen LogP contribution is 2.20. The Labute approximate surface area is 162 Å². The number of para-hydroxylation sites is 1. The van der Waals surface area contributed by atoms with Gasteiger partial charge in [-0.05, 0) is 44.6 Å². The van der Waals surface area contributed by atoms with Gasteiger partial charge in [-0.15, -0.1) is 0 Å². The minimum Gasteiger partial charge on any atom is -0.363 e. The summed E-state index contributed by atoms with van der Waals surface area (Å²) in [5.74, 6) is 0. The molecule has 3 rings (SSSR count). The molecule has 0 radical (unpaired) electrons. The molecule has 0 spiro atoms. The molecule has 5 nitrogen and oxygen atoms in total. The van der Waals surface area contributed by atoms with Crippen LogP contribution >= 0.6 is 12.2 Å². The second-order valence-corrected chi connectivity index (χ2v) is 7.28. The zero-order chi connectivity index (χ0) is 18.5. The lowest BCUT2D eigenvalue weighted by Gasteiger charge is -2.36. The van der Waals surface area contributed by atoms with Gasteiger partial charge in [-0.3, -0.25) is 4.90 Å². The van der Waals surface area contributed by atoms with E-state index in [1.165, 1.54) is 11.3 Å². The van der Waals surface area contributed by atoms with E-state index < -0.39 is 0 Å². The first-order valence-electron chi connectivity index (χ1n) is 9.45. The van der Waals surface area contributed by atoms with Crippen LogP contribution < -0.4 is 5.32 Å². The highest BCUT2D eigenvalue weighted by atomic mass is 32.1. The minimum absolute atomic E-state index is 0.899. The SMILES string of the molecule is CCCNC(=S)N1CCN(Cc2c(C)nn(-c3ccccc3)c2C)CC1. The van der Waals surface area contributed by atoms with Crippen LogP contribution in [0.15, 0.2) is 30.3 Å². The lowest BCUT2D eigenvalue weighted by atomic mass is 10.1. The van der Waals surface area contributed by atoms with Gasteiger partial charge in [0.2, 0.25) is 0 Å². The van der Waals surface area contributed by atoms with Crippen molar-refractivity contribution >= 4 is 17.3 Å². The largest absolute Gasteiger partial charge is 0.363 e. The van der Waals surface area contributed by atoms with E-state index in [4.69, 9.17) is 17.3 Å². The van der Waals surface area contributed by atoms with Crippen molar-refractivity contribution in [2.45, 2.75) is 33.7 Å². The Bertz CT molecular complexity index is 732. The van der Waals surface area contributed by atoms with Crippen molar-refractivity contribution in [2.24, 2.45) is 0 Å². The maximum atomic E-state index is 5.49. The van der Waals surface area contributed by atoms with Gasteiger partial charge in [0.1, 0.15) is 0 Å². The summed E-state index contributed by atoms with van der Waals surface area (Å²) in [5.41, 5.74) is 4.82. The van der Waals surface area contributed by atoms with Gasteiger partial charge in [-0.25, -0.2) is 4.68 Å². The number of hydrogen-bond donors (Lipinski definition) is 1. The van der Waals surface area contributed by atoms with Gasteiger partial charge >= 0.3 is 0 Å². The maximum absolute atomic E-state index is 5.49. The standard InChI is InChI=1S/C20H29N5S/c1-4-10-21-20(26)24-13-11-23(12-14-24)15-19-16(2)22-25(17(19)3)18-8-6-5-7-9-18/h5-9H,4,10-15H2,1-3H3,(H,21,26). The minimum atomic E-state index is 0.899. The van der Waals surface area contributed by atoms with Gasteiger partial charge in [0.25, 0.3) is 0 Å². The normalized spacial score (nSPS) is 15.3. The number of aryl methyl sites for hydroxylation is 1. The molecule has 6 heteroatoms. The van der Waals surface area contributed by atoms with Crippen molar-refractivity contribution in [3.63, 3.8) is 0 Å². The van der Waals surface area contributed by atoms with E-state index in [2.05, 4.69) is 64.8 Å². The van der Waals surface area contributed by atoms with Crippen molar-refractivity contribution < 1.29 is 0 Å². The van der Waals surface area contributed by atoms with Gasteiger partial charge in [0, 0.05) is 50.5 Å². The summed E-state index contributed by atoms with van der Waals surface area (Å²) in [6.07, 6.45) is 1.10. The summed E-state index contributed by atoms with van der Waals surface area (Å²) in [6, 6.07) is 10.4. The third-order valence-electron chi connectivity index (χ3n) is 5.01. The number of piperazine rings is 1. The third-order valence-corrected chi connectivity index (χ3v) is 5.41. The van der Waals surface area contributed by atoms with Crippen LogP contribution in [0.1, 0.15) is 30.3 Å². The second-order valence-electron chi connectivity index (χ2n) is 6.89. The van der Waals surface area contributed by atoms with E-state index in [0.717, 1.165) is 62.2 Å². The molecule has 1 aromatic carbocycles. The maximum Gasteiger partial charge on any atom is 0.169 e. The predicted molar refractivity (Wildman–Crippen MR) is 111 cm³/mol. The van der Waals surface area contributed by atoms with Gasteiger partial charge in [-0.1, -0.05) is 25.1 Å². The fraction of sp³-hybridized carbons (Fsp3) is 0.500. The van der Waals surface area contributed by atoms with E-state index in [1.54, 1.807) is 0 Å². The van der Waals surface area contributed by atoms with E-state index in [0.29, 0.717) is 0 Å². The summed E-state index contributed by atoms with van der Waals surface area (Å²) < 4.78 is 2.06. The monoisotopic (exact) mass is 371 g/mol. The molecule has 1 aliphatic rings. The first kappa shape index (κ1) is 18.9. The van der Waals surface area contributed by atoms with Gasteiger partial charge in [0.15, 0.2) is 5.11 Å². The molecule has 1 fully saturated rings. The van der Waals surface area contributed by atoms with Crippen molar-refractivity contribution in [2.75, 3.05) is 32.7 Å². The van der Waals surface area contributed by atoms with Crippen molar-refractivity contribution in [1.29, 1.82) is 0 Å². The van der Waals surface area contributed by atoms with Gasteiger partial charge < -0.3 is 10.2 Å². The van der Waals surface area contributed by atoms with Gasteiger partial charge in [-0.2, -0.15) is 5.10 Å². The molecular weight excluding hydrogens is 342 g/mol. The van der Waals surface area contributed by atoms with E-state index in [9.17, 15) is 0 Å². The van der Waals surface area contributed by atoms with Crippen LogP contribution in [0, 0.1) is 13.8 Å². The summed E-state index contributed by atoms with van der Waals surface area (Å²) in [6.45, 7) is 12.4. The Morgan fingerprint density at radius 3 is 2.46 bits per heavy atom. The second kappa shape index (κ2) is 8.64. The number of hydrogen-bond acceptors (Lipinski definition) is 3. The lowest BCUT2D eigenvalue weighted by molar-refractivity contribution is 0.174. The predicted octanol–water partition coefficient (Wildman–Crippen LogP) is 2.89. The molecular formula is C20H29N5S. The number of thiocarbonyl (C=S) groups is 1. The average molecular weight is 372 g/mol. The summed E-state index contributed by atoms with van der Waals surface area (Å²) in [5, 5.41) is 9.00. The highest BCUT2D eigenvalue weighted by Gasteiger charge is 2.21. The van der Waals surface area contributed by atoms with E-state index in [-0.39, 0.29) is 0 Å². The van der Waals surface area contributed by atoms with Crippen LogP contribution in [-0.4, -0.2) is 57.4 Å². The Morgan fingerprint density at radius 2 is 1.81 bits per heavy atom. The average Bonchev–Trinajstić information content (AvgIpc) is 2.95. The number of nitrogens with one attached hydrogen (secondary N) is 1. The quantitative estimate of drug-likeness (QED) is 0.818. The molecule has 1 aromatic heterocycles. The summed E-state index contributed by atoms with van der Waals surface area (Å²) >= 11 is 5.49. The van der Waals surface area contributed by atoms with Crippen molar-refractivity contribution in [1.82, 2.24) is 24.9 Å². The lowest BCUT2D eigenvalue weighted by Crippen LogP contribution is -2.51. The molecule has 140 valence electrons. The van der Waals surface area contributed by atoms with Crippen LogP contribution in [0.25, 0.3) is 5.69 Å². The molecule has 0 aliphatic carbocycles. The van der Waals surface area contributed by atoms with E-state index >= 15 is 0 Å². The molecule has 2 aromatic rings. The molecule has 0 atom stereocenters. The Balaban J connectivity index is 1.62. The first-order valence-corrected chi connectivity index (χ1v) is 9.86. The molecule has 1 aliphatic heterocycles. The first-order chi connectivity index (χ1) is 12.6. The number of rotatable bonds is 5. The van der Waals surface area contributed by atoms with Crippen molar-refractivity contribution in [3.8, 4) is 5.69 Å². The zero-order valence-corrected chi connectivity index (χ0v) is 16.9. The van der Waals surface area contributed by atoms with Crippen LogP contribution in [-0.2, 0) is 6.54 Å². The summed E-state index contributed by atoms with van der Waals surface area (Å²) in [4.78, 5) is 4.79. The molecule has 26 heavy (non-hydrogen) atoms. The Morgan fingerprint density at radius 1 is 1.12 bits per heavy atom. The van der Waals surface area contributed by atoms with Crippen LogP contribution in [0.3, 0.4) is 0 Å². The molecule has 0 saturated carbocycles. The van der Waals surface area contributed by atoms with Crippen LogP contribution in [0.2, 0.25) is 0 Å². The highest BCUT2D eigenvalue weighted by molar-refractivity contribution is 7.80. The molecule has 0 unspecified atom stereocenters. The molecule has 0 amide bonds. The number of benzene rings is 1. The van der Waals surface area contributed by atoms with E-state index in [1.807, 2.05) is 6.07 Å². The third kappa shape index (κ3) is 4.24. The fourth-order valence-electron chi connectivity index (χ4n) is 3.40. The summed E-state index contributed by atoms with van der Waals surface area (Å²) in [7, 11) is 0. The topological polar surface area (TPSA) is 36.3 Å². The van der Waals surface area contributed by atoms with Gasteiger partial charge in [0.05, 0.1) is 11.4 Å². The Kier molecular flexibility index (Phi) is 6.27. The van der Waals surface area contributed by atoms with Crippen molar-refractivity contribution in [3.05, 3.63) is 47.3 Å². The fourth-order valence-corrected chi connectivity index (χ4v) is 3.69. The van der Waals surface area contributed by atoms with Crippen LogP contribution in [0.5, 0.6) is 0 Å². The Hall–Kier alpha value is -1.92. The number of nitrogens with zero attached hydrogens (tertiary/aromatic N) is 4. The molecule has 0 bridgehead atoms. The van der Waals surface area contributed by atoms with Crippen LogP contribution in [0.4, 0.5) is 0 Å².